The van der Waals surface area contributed by atoms with Crippen LogP contribution in [0.5, 0.6) is 5.75 Å². The van der Waals surface area contributed by atoms with E-state index in [2.05, 4.69) is 41.3 Å². The predicted molar refractivity (Wildman–Crippen MR) is 127 cm³/mol. The third-order valence-corrected chi connectivity index (χ3v) is 6.51. The number of ether oxygens (including phenoxy) is 1. The van der Waals surface area contributed by atoms with Crippen LogP contribution in [0.1, 0.15) is 26.7 Å². The summed E-state index contributed by atoms with van der Waals surface area (Å²) in [5.41, 5.74) is 2.64. The molecule has 8 heteroatoms. The highest BCUT2D eigenvalue weighted by Crippen LogP contribution is 2.30. The lowest BCUT2D eigenvalue weighted by Crippen LogP contribution is -2.47. The minimum absolute atomic E-state index is 0.127. The summed E-state index contributed by atoms with van der Waals surface area (Å²) >= 11 is 0. The minimum atomic E-state index is 0.127. The third kappa shape index (κ3) is 4.71. The van der Waals surface area contributed by atoms with E-state index in [4.69, 9.17) is 4.74 Å². The number of fused-ring (bicyclic) bond motifs is 1. The van der Waals surface area contributed by atoms with Gasteiger partial charge in [0.05, 0.1) is 17.3 Å². The first-order valence-electron chi connectivity index (χ1n) is 11.8. The summed E-state index contributed by atoms with van der Waals surface area (Å²) in [6, 6.07) is 8.07. The maximum atomic E-state index is 5.87. The molecule has 0 unspecified atom stereocenters. The van der Waals surface area contributed by atoms with Crippen molar-refractivity contribution in [2.45, 2.75) is 32.8 Å². The molecule has 3 aromatic rings. The molecule has 0 amide bonds. The fourth-order valence-electron chi connectivity index (χ4n) is 4.71. The van der Waals surface area contributed by atoms with E-state index in [1.807, 2.05) is 32.0 Å². The van der Waals surface area contributed by atoms with Gasteiger partial charge in [0.15, 0.2) is 0 Å². The van der Waals surface area contributed by atoms with Crippen LogP contribution in [0.15, 0.2) is 30.6 Å². The smallest absolute Gasteiger partial charge is 0.132 e. The molecule has 4 heterocycles. The molecule has 2 aromatic heterocycles. The SMILES string of the molecule is CC(C)Oc1ccc2[nH]nc(-c3cc(N4CCN(CC[C@H]5CCNC5)CC4)ncn3)c2c1. The lowest BCUT2D eigenvalue weighted by molar-refractivity contribution is 0.240. The quantitative estimate of drug-likeness (QED) is 0.590. The second-order valence-corrected chi connectivity index (χ2v) is 9.18. The fraction of sp³-hybridized carbons (Fsp3) is 0.542. The van der Waals surface area contributed by atoms with Gasteiger partial charge in [-0.2, -0.15) is 5.10 Å². The first-order chi connectivity index (χ1) is 15.7. The summed E-state index contributed by atoms with van der Waals surface area (Å²) in [7, 11) is 0. The third-order valence-electron chi connectivity index (χ3n) is 6.51. The summed E-state index contributed by atoms with van der Waals surface area (Å²) in [6.07, 6.45) is 4.41. The molecule has 32 heavy (non-hydrogen) atoms. The normalized spacial score (nSPS) is 19.8. The zero-order valence-corrected chi connectivity index (χ0v) is 19.0. The Morgan fingerprint density at radius 2 is 2.00 bits per heavy atom. The van der Waals surface area contributed by atoms with Gasteiger partial charge in [-0.15, -0.1) is 0 Å². The van der Waals surface area contributed by atoms with E-state index in [-0.39, 0.29) is 6.10 Å². The topological polar surface area (TPSA) is 82.2 Å². The van der Waals surface area contributed by atoms with Crippen molar-refractivity contribution in [3.05, 3.63) is 30.6 Å². The Kier molecular flexibility index (Phi) is 6.23. The molecule has 2 aliphatic rings. The largest absolute Gasteiger partial charge is 0.491 e. The average Bonchev–Trinajstić information content (AvgIpc) is 3.47. The lowest BCUT2D eigenvalue weighted by atomic mass is 10.0. The Morgan fingerprint density at radius 3 is 2.78 bits per heavy atom. The van der Waals surface area contributed by atoms with Gasteiger partial charge >= 0.3 is 0 Å². The number of hydrogen-bond donors (Lipinski definition) is 2. The summed E-state index contributed by atoms with van der Waals surface area (Å²) in [4.78, 5) is 14.1. The second kappa shape index (κ2) is 9.42. The molecule has 1 aromatic carbocycles. The van der Waals surface area contributed by atoms with Gasteiger partial charge in [-0.25, -0.2) is 9.97 Å². The number of hydrogen-bond acceptors (Lipinski definition) is 7. The average molecular weight is 436 g/mol. The number of rotatable bonds is 7. The number of H-pyrrole nitrogens is 1. The molecular weight excluding hydrogens is 402 g/mol. The Balaban J connectivity index is 1.27. The van der Waals surface area contributed by atoms with Crippen LogP contribution in [-0.2, 0) is 0 Å². The van der Waals surface area contributed by atoms with Crippen LogP contribution in [0.25, 0.3) is 22.3 Å². The van der Waals surface area contributed by atoms with Crippen LogP contribution in [0.4, 0.5) is 5.82 Å². The van der Waals surface area contributed by atoms with Crippen molar-refractivity contribution < 1.29 is 4.74 Å². The van der Waals surface area contributed by atoms with Crippen molar-refractivity contribution in [2.24, 2.45) is 5.92 Å². The van der Waals surface area contributed by atoms with Crippen molar-refractivity contribution >= 4 is 16.7 Å². The standard InChI is InChI=1S/C24H33N7O/c1-17(2)32-19-3-4-21-20(13-19)24(29-28-21)22-14-23(27-16-26-22)31-11-9-30(10-12-31)8-6-18-5-7-25-15-18/h3-4,13-14,16-18,25H,5-12,15H2,1-2H3,(H,28,29)/t18-/m1/s1. The molecule has 1 atom stereocenters. The van der Waals surface area contributed by atoms with Crippen LogP contribution in [-0.4, -0.2) is 77.0 Å². The van der Waals surface area contributed by atoms with Crippen molar-refractivity contribution in [3.8, 4) is 17.1 Å². The van der Waals surface area contributed by atoms with Gasteiger partial charge in [0.1, 0.15) is 23.6 Å². The van der Waals surface area contributed by atoms with Crippen LogP contribution in [0, 0.1) is 5.92 Å². The number of anilines is 1. The zero-order chi connectivity index (χ0) is 21.9. The van der Waals surface area contributed by atoms with E-state index < -0.39 is 0 Å². The van der Waals surface area contributed by atoms with Gasteiger partial charge in [-0.1, -0.05) is 0 Å². The molecule has 2 fully saturated rings. The highest BCUT2D eigenvalue weighted by molar-refractivity contribution is 5.93. The van der Waals surface area contributed by atoms with Crippen LogP contribution in [0.2, 0.25) is 0 Å². The van der Waals surface area contributed by atoms with Gasteiger partial charge in [0.2, 0.25) is 0 Å². The molecule has 0 radical (unpaired) electrons. The Morgan fingerprint density at radius 1 is 1.12 bits per heavy atom. The van der Waals surface area contributed by atoms with Gasteiger partial charge < -0.3 is 15.0 Å². The number of aromatic amines is 1. The van der Waals surface area contributed by atoms with Crippen LogP contribution in [0.3, 0.4) is 0 Å². The number of benzene rings is 1. The molecule has 0 aliphatic carbocycles. The molecule has 5 rings (SSSR count). The highest BCUT2D eigenvalue weighted by atomic mass is 16.5. The van der Waals surface area contributed by atoms with E-state index >= 15 is 0 Å². The second-order valence-electron chi connectivity index (χ2n) is 9.18. The lowest BCUT2D eigenvalue weighted by Gasteiger charge is -2.35. The van der Waals surface area contributed by atoms with Crippen molar-refractivity contribution in [1.29, 1.82) is 0 Å². The highest BCUT2D eigenvalue weighted by Gasteiger charge is 2.21. The first kappa shape index (κ1) is 21.2. The summed E-state index contributed by atoms with van der Waals surface area (Å²) in [5, 5.41) is 12.1. The molecule has 170 valence electrons. The minimum Gasteiger partial charge on any atom is -0.491 e. The summed E-state index contributed by atoms with van der Waals surface area (Å²) in [5.74, 6) is 2.67. The van der Waals surface area contributed by atoms with Crippen LogP contribution >= 0.6 is 0 Å². The van der Waals surface area contributed by atoms with Gasteiger partial charge in [0, 0.05) is 37.6 Å². The van der Waals surface area contributed by atoms with E-state index in [1.165, 1.54) is 32.5 Å². The molecule has 2 aliphatic heterocycles. The van der Waals surface area contributed by atoms with Gasteiger partial charge in [0.25, 0.3) is 0 Å². The van der Waals surface area contributed by atoms with E-state index in [0.29, 0.717) is 0 Å². The molecule has 2 N–H and O–H groups in total. The van der Waals surface area contributed by atoms with E-state index in [0.717, 1.165) is 66.0 Å². The number of aromatic nitrogens is 4. The number of nitrogens with zero attached hydrogens (tertiary/aromatic N) is 5. The molecule has 2 saturated heterocycles. The van der Waals surface area contributed by atoms with Gasteiger partial charge in [-0.3, -0.25) is 10.00 Å². The van der Waals surface area contributed by atoms with Crippen molar-refractivity contribution in [2.75, 3.05) is 50.7 Å². The van der Waals surface area contributed by atoms with E-state index in [1.54, 1.807) is 6.33 Å². The Bertz CT molecular complexity index is 1040. The molecule has 8 nitrogen and oxygen atoms in total. The molecular formula is C24H33N7O. The Hall–Kier alpha value is -2.71. The maximum Gasteiger partial charge on any atom is 0.132 e. The van der Waals surface area contributed by atoms with Crippen molar-refractivity contribution in [1.82, 2.24) is 30.4 Å². The Labute approximate surface area is 189 Å². The predicted octanol–water partition coefficient (Wildman–Crippen LogP) is 2.93. The zero-order valence-electron chi connectivity index (χ0n) is 19.0. The molecule has 0 bridgehead atoms. The number of nitrogens with one attached hydrogen (secondary N) is 2. The summed E-state index contributed by atoms with van der Waals surface area (Å²) < 4.78 is 5.87. The fourth-order valence-corrected chi connectivity index (χ4v) is 4.71. The first-order valence-corrected chi connectivity index (χ1v) is 11.8. The van der Waals surface area contributed by atoms with E-state index in [9.17, 15) is 0 Å². The van der Waals surface area contributed by atoms with Gasteiger partial charge in [-0.05, 0) is 70.4 Å². The van der Waals surface area contributed by atoms with Crippen LogP contribution < -0.4 is 15.0 Å². The maximum absolute atomic E-state index is 5.87. The summed E-state index contributed by atoms with van der Waals surface area (Å²) in [6.45, 7) is 11.8. The molecule has 0 saturated carbocycles. The monoisotopic (exact) mass is 435 g/mol. The number of piperazine rings is 1. The molecule has 0 spiro atoms. The van der Waals surface area contributed by atoms with Crippen molar-refractivity contribution in [3.63, 3.8) is 0 Å².